The van der Waals surface area contributed by atoms with Crippen LogP contribution in [0, 0.1) is 0 Å². The van der Waals surface area contributed by atoms with Gasteiger partial charge in [-0.05, 0) is 24.3 Å². The summed E-state index contributed by atoms with van der Waals surface area (Å²) in [5.74, 6) is 0.0674. The molecule has 1 heterocycles. The molecule has 1 aliphatic heterocycles. The average molecular weight is 351 g/mol. The molecule has 3 rings (SSSR count). The van der Waals surface area contributed by atoms with Crippen LogP contribution in [0.4, 0.5) is 11.4 Å². The van der Waals surface area contributed by atoms with E-state index in [0.717, 1.165) is 31.9 Å². The van der Waals surface area contributed by atoms with Crippen molar-refractivity contribution in [2.24, 2.45) is 0 Å². The van der Waals surface area contributed by atoms with Gasteiger partial charge in [0.15, 0.2) is 0 Å². The minimum Gasteiger partial charge on any atom is -0.368 e. The summed E-state index contributed by atoms with van der Waals surface area (Å²) < 4.78 is 0. The summed E-state index contributed by atoms with van der Waals surface area (Å²) >= 11 is 0. The van der Waals surface area contributed by atoms with Crippen molar-refractivity contribution in [3.8, 4) is 0 Å². The number of piperazine rings is 1. The minimum atomic E-state index is -0.0436. The topological polar surface area (TPSA) is 43.9 Å². The van der Waals surface area contributed by atoms with Gasteiger partial charge in [-0.1, -0.05) is 36.4 Å². The first kappa shape index (κ1) is 18.0. The highest BCUT2D eigenvalue weighted by Gasteiger charge is 2.22. The Morgan fingerprint density at radius 2 is 1.46 bits per heavy atom. The summed E-state index contributed by atoms with van der Waals surface area (Å²) in [4.78, 5) is 30.4. The van der Waals surface area contributed by atoms with Crippen LogP contribution in [-0.2, 0) is 9.59 Å². The van der Waals surface area contributed by atoms with Crippen LogP contribution in [0.3, 0.4) is 0 Å². The van der Waals surface area contributed by atoms with Crippen molar-refractivity contribution in [2.45, 2.75) is 13.3 Å². The molecule has 0 N–H and O–H groups in total. The van der Waals surface area contributed by atoms with Gasteiger partial charge in [-0.2, -0.15) is 0 Å². The predicted molar refractivity (Wildman–Crippen MR) is 104 cm³/mol. The number of benzene rings is 2. The van der Waals surface area contributed by atoms with E-state index < -0.39 is 0 Å². The molecule has 136 valence electrons. The number of para-hydroxylation sites is 2. The van der Waals surface area contributed by atoms with Crippen LogP contribution < -0.4 is 9.80 Å². The Hall–Kier alpha value is -2.82. The Bertz CT molecular complexity index is 725. The van der Waals surface area contributed by atoms with Gasteiger partial charge in [0.2, 0.25) is 11.8 Å². The second-order valence-corrected chi connectivity index (χ2v) is 6.46. The van der Waals surface area contributed by atoms with Crippen LogP contribution in [-0.4, -0.2) is 49.4 Å². The number of anilines is 2. The fraction of sp³-hybridized carbons (Fsp3) is 0.333. The molecule has 1 aliphatic rings. The van der Waals surface area contributed by atoms with E-state index in [-0.39, 0.29) is 11.8 Å². The van der Waals surface area contributed by atoms with Gasteiger partial charge in [-0.15, -0.1) is 0 Å². The minimum absolute atomic E-state index is 0.0436. The van der Waals surface area contributed by atoms with Gasteiger partial charge >= 0.3 is 0 Å². The SMILES string of the molecule is CC(=O)N(CCC(=O)N1CCN(c2ccccc2)CC1)c1ccccc1. The molecular weight excluding hydrogens is 326 g/mol. The third kappa shape index (κ3) is 4.42. The van der Waals surface area contributed by atoms with Crippen LogP contribution in [0.1, 0.15) is 13.3 Å². The summed E-state index contributed by atoms with van der Waals surface area (Å²) in [6.45, 7) is 5.07. The number of hydrogen-bond acceptors (Lipinski definition) is 3. The van der Waals surface area contributed by atoms with Crippen molar-refractivity contribution in [2.75, 3.05) is 42.5 Å². The molecule has 0 unspecified atom stereocenters. The molecule has 1 fully saturated rings. The van der Waals surface area contributed by atoms with E-state index in [1.165, 1.54) is 12.6 Å². The van der Waals surface area contributed by atoms with E-state index in [4.69, 9.17) is 0 Å². The van der Waals surface area contributed by atoms with Gasteiger partial charge < -0.3 is 14.7 Å². The Labute approximate surface area is 154 Å². The maximum atomic E-state index is 12.6. The smallest absolute Gasteiger partial charge is 0.224 e. The predicted octanol–water partition coefficient (Wildman–Crippen LogP) is 2.78. The highest BCUT2D eigenvalue weighted by molar-refractivity contribution is 5.92. The largest absolute Gasteiger partial charge is 0.368 e. The van der Waals surface area contributed by atoms with Crippen molar-refractivity contribution in [3.05, 3.63) is 60.7 Å². The van der Waals surface area contributed by atoms with Crippen LogP contribution in [0.15, 0.2) is 60.7 Å². The molecular formula is C21H25N3O2. The number of rotatable bonds is 5. The van der Waals surface area contributed by atoms with Gasteiger partial charge in [0.05, 0.1) is 0 Å². The molecule has 0 spiro atoms. The molecule has 0 bridgehead atoms. The Morgan fingerprint density at radius 1 is 0.885 bits per heavy atom. The first-order valence-electron chi connectivity index (χ1n) is 9.06. The van der Waals surface area contributed by atoms with E-state index in [9.17, 15) is 9.59 Å². The maximum absolute atomic E-state index is 12.6. The van der Waals surface area contributed by atoms with Crippen molar-refractivity contribution < 1.29 is 9.59 Å². The normalized spacial score (nSPS) is 14.2. The zero-order valence-electron chi connectivity index (χ0n) is 15.2. The molecule has 5 nitrogen and oxygen atoms in total. The Balaban J connectivity index is 1.52. The van der Waals surface area contributed by atoms with E-state index in [2.05, 4.69) is 17.0 Å². The lowest BCUT2D eigenvalue weighted by Gasteiger charge is -2.36. The lowest BCUT2D eigenvalue weighted by atomic mass is 10.2. The number of amides is 2. The molecule has 2 aromatic carbocycles. The average Bonchev–Trinajstić information content (AvgIpc) is 2.69. The first-order chi connectivity index (χ1) is 12.6. The molecule has 2 aromatic rings. The highest BCUT2D eigenvalue weighted by atomic mass is 16.2. The summed E-state index contributed by atoms with van der Waals surface area (Å²) in [5, 5.41) is 0. The third-order valence-electron chi connectivity index (χ3n) is 4.75. The standard InChI is InChI=1S/C21H25N3O2/c1-18(25)24(20-10-6-3-7-11-20)13-12-21(26)23-16-14-22(15-17-23)19-8-4-2-5-9-19/h2-11H,12-17H2,1H3. The van der Waals surface area contributed by atoms with Gasteiger partial charge in [0, 0.05) is 57.4 Å². The fourth-order valence-corrected chi connectivity index (χ4v) is 3.29. The monoisotopic (exact) mass is 351 g/mol. The van der Waals surface area contributed by atoms with Crippen molar-refractivity contribution >= 4 is 23.2 Å². The van der Waals surface area contributed by atoms with Gasteiger partial charge in [0.25, 0.3) is 0 Å². The van der Waals surface area contributed by atoms with Gasteiger partial charge in [0.1, 0.15) is 0 Å². The molecule has 0 radical (unpaired) electrons. The lowest BCUT2D eigenvalue weighted by molar-refractivity contribution is -0.131. The zero-order valence-corrected chi connectivity index (χ0v) is 15.2. The molecule has 2 amide bonds. The van der Waals surface area contributed by atoms with Crippen molar-refractivity contribution in [1.82, 2.24) is 4.90 Å². The Morgan fingerprint density at radius 3 is 2.04 bits per heavy atom. The van der Waals surface area contributed by atoms with Crippen molar-refractivity contribution in [3.63, 3.8) is 0 Å². The van der Waals surface area contributed by atoms with Gasteiger partial charge in [-0.3, -0.25) is 9.59 Å². The number of hydrogen-bond donors (Lipinski definition) is 0. The van der Waals surface area contributed by atoms with Crippen LogP contribution in [0.25, 0.3) is 0 Å². The van der Waals surface area contributed by atoms with Crippen LogP contribution >= 0.6 is 0 Å². The summed E-state index contributed by atoms with van der Waals surface area (Å²) in [6.07, 6.45) is 0.347. The number of nitrogens with zero attached hydrogens (tertiary/aromatic N) is 3. The molecule has 0 saturated carbocycles. The maximum Gasteiger partial charge on any atom is 0.224 e. The van der Waals surface area contributed by atoms with E-state index >= 15 is 0 Å². The molecule has 0 atom stereocenters. The van der Waals surface area contributed by atoms with E-state index in [1.807, 2.05) is 53.4 Å². The first-order valence-corrected chi connectivity index (χ1v) is 9.06. The fourth-order valence-electron chi connectivity index (χ4n) is 3.29. The number of carbonyl (C=O) groups excluding carboxylic acids is 2. The lowest BCUT2D eigenvalue weighted by Crippen LogP contribution is -2.49. The molecule has 0 aromatic heterocycles. The second-order valence-electron chi connectivity index (χ2n) is 6.46. The molecule has 0 aliphatic carbocycles. The highest BCUT2D eigenvalue weighted by Crippen LogP contribution is 2.17. The summed E-state index contributed by atoms with van der Waals surface area (Å²) in [6, 6.07) is 19.8. The third-order valence-corrected chi connectivity index (χ3v) is 4.75. The quantitative estimate of drug-likeness (QED) is 0.832. The summed E-state index contributed by atoms with van der Waals surface area (Å²) in [5.41, 5.74) is 2.04. The van der Waals surface area contributed by atoms with E-state index in [0.29, 0.717) is 13.0 Å². The van der Waals surface area contributed by atoms with Crippen molar-refractivity contribution in [1.29, 1.82) is 0 Å². The van der Waals surface area contributed by atoms with E-state index in [1.54, 1.807) is 4.90 Å². The van der Waals surface area contributed by atoms with Crippen LogP contribution in [0.5, 0.6) is 0 Å². The summed E-state index contributed by atoms with van der Waals surface area (Å²) in [7, 11) is 0. The molecule has 1 saturated heterocycles. The number of carbonyl (C=O) groups is 2. The Kier molecular flexibility index (Phi) is 5.89. The molecule has 5 heteroatoms. The second kappa shape index (κ2) is 8.52. The zero-order chi connectivity index (χ0) is 18.4. The van der Waals surface area contributed by atoms with Gasteiger partial charge in [-0.25, -0.2) is 0 Å². The van der Waals surface area contributed by atoms with Crippen LogP contribution in [0.2, 0.25) is 0 Å². The molecule has 26 heavy (non-hydrogen) atoms.